The number of aromatic nitrogens is 4. The zero-order valence-corrected chi connectivity index (χ0v) is 24.2. The molecule has 0 unspecified atom stereocenters. The number of para-hydroxylation sites is 1. The van der Waals surface area contributed by atoms with Crippen molar-refractivity contribution in [3.63, 3.8) is 0 Å². The molecule has 3 aromatic carbocycles. The van der Waals surface area contributed by atoms with Gasteiger partial charge in [0.25, 0.3) is 0 Å². The molecule has 0 amide bonds. The summed E-state index contributed by atoms with van der Waals surface area (Å²) in [5, 5.41) is 3.37. The molecule has 6 aromatic rings. The predicted octanol–water partition coefficient (Wildman–Crippen LogP) is 6.25. The van der Waals surface area contributed by atoms with Gasteiger partial charge in [-0.15, -0.1) is 0 Å². The van der Waals surface area contributed by atoms with Crippen molar-refractivity contribution in [2.75, 3.05) is 18.4 Å². The number of rotatable bonds is 8. The number of anilines is 1. The first-order chi connectivity index (χ1) is 21.4. The van der Waals surface area contributed by atoms with Gasteiger partial charge in [-0.3, -0.25) is 4.40 Å². The number of nitrogens with zero attached hydrogens (tertiary/aromatic N) is 5. The highest BCUT2D eigenvalue weighted by Gasteiger charge is 2.30. The van der Waals surface area contributed by atoms with Crippen LogP contribution in [0.1, 0.15) is 12.8 Å². The molecule has 1 fully saturated rings. The molecular formula is C32H27FN6O4S. The molecule has 4 heterocycles. The summed E-state index contributed by atoms with van der Waals surface area (Å²) < 4.78 is 54.9. The number of nitrogens with one attached hydrogen (secondary N) is 1. The highest BCUT2D eigenvalue weighted by atomic mass is 32.2. The van der Waals surface area contributed by atoms with Crippen LogP contribution >= 0.6 is 0 Å². The van der Waals surface area contributed by atoms with E-state index in [1.54, 1.807) is 59.3 Å². The van der Waals surface area contributed by atoms with Crippen LogP contribution in [0.4, 0.5) is 10.3 Å². The van der Waals surface area contributed by atoms with Crippen molar-refractivity contribution >= 4 is 21.8 Å². The topological polar surface area (TPSA) is 115 Å². The molecule has 0 atom stereocenters. The Labute approximate surface area is 252 Å². The summed E-state index contributed by atoms with van der Waals surface area (Å²) in [5.41, 5.74) is 2.62. The van der Waals surface area contributed by atoms with E-state index >= 15 is 0 Å². The average molecular weight is 611 g/mol. The molecule has 12 heteroatoms. The first-order valence-corrected chi connectivity index (χ1v) is 15.5. The van der Waals surface area contributed by atoms with Crippen LogP contribution < -0.4 is 10.1 Å². The van der Waals surface area contributed by atoms with Gasteiger partial charge in [-0.25, -0.2) is 22.8 Å². The zero-order valence-electron chi connectivity index (χ0n) is 23.4. The highest BCUT2D eigenvalue weighted by molar-refractivity contribution is 7.89. The second-order valence-corrected chi connectivity index (χ2v) is 12.3. The molecule has 0 spiro atoms. The molecule has 44 heavy (non-hydrogen) atoms. The van der Waals surface area contributed by atoms with Crippen molar-refractivity contribution in [3.8, 4) is 34.1 Å². The Morgan fingerprint density at radius 1 is 0.886 bits per heavy atom. The number of halogens is 1. The summed E-state index contributed by atoms with van der Waals surface area (Å²) in [4.78, 5) is 14.0. The SMILES string of the molecule is O=S(=O)(c1ccc(Oc2ccccc2)cc1)N1CCC(Nc2nccc(-c3c(-c4ccc(F)cc4)nc4occn34)n2)CC1. The molecule has 3 aromatic heterocycles. The van der Waals surface area contributed by atoms with E-state index < -0.39 is 10.0 Å². The minimum atomic E-state index is -3.66. The van der Waals surface area contributed by atoms with Crippen LogP contribution in [0.3, 0.4) is 0 Å². The second kappa shape index (κ2) is 11.5. The summed E-state index contributed by atoms with van der Waals surface area (Å²) in [6.45, 7) is 0.712. The van der Waals surface area contributed by atoms with Gasteiger partial charge >= 0.3 is 5.84 Å². The van der Waals surface area contributed by atoms with Crippen LogP contribution in [-0.4, -0.2) is 51.2 Å². The van der Waals surface area contributed by atoms with Crippen LogP contribution in [0.5, 0.6) is 11.5 Å². The lowest BCUT2D eigenvalue weighted by Crippen LogP contribution is -2.42. The summed E-state index contributed by atoms with van der Waals surface area (Å²) in [6.07, 6.45) is 6.11. The monoisotopic (exact) mass is 610 g/mol. The second-order valence-electron chi connectivity index (χ2n) is 10.3. The highest BCUT2D eigenvalue weighted by Crippen LogP contribution is 2.33. The van der Waals surface area contributed by atoms with Gasteiger partial charge in [-0.2, -0.15) is 9.29 Å². The van der Waals surface area contributed by atoms with Crippen molar-refractivity contribution in [2.45, 2.75) is 23.8 Å². The zero-order chi connectivity index (χ0) is 30.1. The Bertz CT molecular complexity index is 2000. The van der Waals surface area contributed by atoms with Crippen molar-refractivity contribution in [1.29, 1.82) is 0 Å². The van der Waals surface area contributed by atoms with E-state index in [-0.39, 0.29) is 16.8 Å². The molecule has 222 valence electrons. The lowest BCUT2D eigenvalue weighted by Gasteiger charge is -2.31. The number of fused-ring (bicyclic) bond motifs is 1. The van der Waals surface area contributed by atoms with Crippen LogP contribution in [0.2, 0.25) is 0 Å². The predicted molar refractivity (Wildman–Crippen MR) is 162 cm³/mol. The normalized spacial score (nSPS) is 14.6. The van der Waals surface area contributed by atoms with Gasteiger partial charge in [-0.05, 0) is 79.6 Å². The lowest BCUT2D eigenvalue weighted by molar-refractivity contribution is 0.329. The van der Waals surface area contributed by atoms with E-state index in [2.05, 4.69) is 15.3 Å². The number of oxazole rings is 1. The van der Waals surface area contributed by atoms with Crippen LogP contribution in [0.15, 0.2) is 113 Å². The number of ether oxygens (including phenoxy) is 1. The first kappa shape index (κ1) is 27.7. The lowest BCUT2D eigenvalue weighted by atomic mass is 10.1. The minimum absolute atomic E-state index is 0.0192. The molecule has 1 aliphatic rings. The van der Waals surface area contributed by atoms with Gasteiger partial charge in [0, 0.05) is 37.1 Å². The van der Waals surface area contributed by atoms with Gasteiger partial charge in [0.15, 0.2) is 0 Å². The minimum Gasteiger partial charge on any atom is -0.457 e. The van der Waals surface area contributed by atoms with E-state index in [4.69, 9.17) is 14.1 Å². The van der Waals surface area contributed by atoms with Gasteiger partial charge in [0.1, 0.15) is 35.0 Å². The standard InChI is InChI=1S/C32H27FN6O4S/c33-23-8-6-22(7-9-23)29-30(39-20-21-42-32(39)37-29)28-14-17-34-31(36-28)35-24-15-18-38(19-16-24)44(40,41)27-12-10-26(11-13-27)43-25-4-2-1-3-5-25/h1-14,17,20-21,24H,15-16,18-19H2,(H,34,35,36). The molecule has 7 rings (SSSR count). The Morgan fingerprint density at radius 2 is 1.61 bits per heavy atom. The fourth-order valence-corrected chi connectivity index (χ4v) is 6.75. The van der Waals surface area contributed by atoms with Gasteiger partial charge in [0.05, 0.1) is 10.6 Å². The first-order valence-electron chi connectivity index (χ1n) is 14.1. The number of hydrogen-bond donors (Lipinski definition) is 1. The molecule has 1 aliphatic heterocycles. The molecule has 1 N–H and O–H groups in total. The molecule has 1 saturated heterocycles. The number of piperidine rings is 1. The molecular weight excluding hydrogens is 583 g/mol. The Hall–Kier alpha value is -5.07. The van der Waals surface area contributed by atoms with Gasteiger partial charge in [-0.1, -0.05) is 18.2 Å². The smallest absolute Gasteiger partial charge is 0.306 e. The third-order valence-electron chi connectivity index (χ3n) is 7.51. The Morgan fingerprint density at radius 3 is 2.36 bits per heavy atom. The van der Waals surface area contributed by atoms with Gasteiger partial charge < -0.3 is 14.5 Å². The number of hydrogen-bond acceptors (Lipinski definition) is 8. The maximum atomic E-state index is 13.6. The largest absolute Gasteiger partial charge is 0.457 e. The van der Waals surface area contributed by atoms with E-state index in [1.807, 2.05) is 30.3 Å². The van der Waals surface area contributed by atoms with Crippen molar-refractivity contribution in [2.24, 2.45) is 0 Å². The maximum absolute atomic E-state index is 13.6. The number of imidazole rings is 1. The summed E-state index contributed by atoms with van der Waals surface area (Å²) in [5.74, 6) is 1.72. The van der Waals surface area contributed by atoms with E-state index in [0.29, 0.717) is 66.3 Å². The van der Waals surface area contributed by atoms with Gasteiger partial charge in [0.2, 0.25) is 16.0 Å². The third kappa shape index (κ3) is 5.52. The number of benzene rings is 3. The summed E-state index contributed by atoms with van der Waals surface area (Å²) >= 11 is 0. The molecule has 0 aliphatic carbocycles. The quantitative estimate of drug-likeness (QED) is 0.215. The van der Waals surface area contributed by atoms with Crippen LogP contribution in [0.25, 0.3) is 28.5 Å². The molecule has 10 nitrogen and oxygen atoms in total. The van der Waals surface area contributed by atoms with E-state index in [1.165, 1.54) is 22.7 Å². The van der Waals surface area contributed by atoms with E-state index in [9.17, 15) is 12.8 Å². The maximum Gasteiger partial charge on any atom is 0.306 e. The Balaban J connectivity index is 1.03. The van der Waals surface area contributed by atoms with Crippen molar-refractivity contribution < 1.29 is 22.0 Å². The summed E-state index contributed by atoms with van der Waals surface area (Å²) in [7, 11) is -3.66. The van der Waals surface area contributed by atoms with Crippen molar-refractivity contribution in [1.82, 2.24) is 23.7 Å². The third-order valence-corrected chi connectivity index (χ3v) is 9.42. The van der Waals surface area contributed by atoms with Crippen molar-refractivity contribution in [3.05, 3.63) is 109 Å². The molecule has 0 saturated carbocycles. The molecule has 0 radical (unpaired) electrons. The Kier molecular flexibility index (Phi) is 7.28. The summed E-state index contributed by atoms with van der Waals surface area (Å²) in [6, 6.07) is 23.7. The number of sulfonamides is 1. The van der Waals surface area contributed by atoms with Crippen LogP contribution in [0, 0.1) is 5.82 Å². The molecule has 0 bridgehead atoms. The van der Waals surface area contributed by atoms with Crippen LogP contribution in [-0.2, 0) is 10.0 Å². The fraction of sp³-hybridized carbons (Fsp3) is 0.156. The fourth-order valence-electron chi connectivity index (χ4n) is 5.28. The average Bonchev–Trinajstić information content (AvgIpc) is 3.65. The van der Waals surface area contributed by atoms with E-state index in [0.717, 1.165) is 5.56 Å².